The Hall–Kier alpha value is -1.62. The molecule has 0 saturated carbocycles. The molecule has 1 saturated heterocycles. The van der Waals surface area contributed by atoms with Gasteiger partial charge in [0, 0.05) is 32.1 Å². The van der Waals surface area contributed by atoms with Gasteiger partial charge in [-0.3, -0.25) is 4.90 Å². The van der Waals surface area contributed by atoms with Crippen LogP contribution in [0.1, 0.15) is 55.4 Å². The van der Waals surface area contributed by atoms with Gasteiger partial charge in [-0.25, -0.2) is 9.78 Å². The average Bonchev–Trinajstić information content (AvgIpc) is 2.68. The fourth-order valence-electron chi connectivity index (χ4n) is 4.14. The van der Waals surface area contributed by atoms with E-state index in [-0.39, 0.29) is 11.1 Å². The molecule has 1 aromatic heterocycles. The number of fused-ring (bicyclic) bond motifs is 1. The summed E-state index contributed by atoms with van der Waals surface area (Å²) in [4.78, 5) is 20.7. The monoisotopic (exact) mass is 317 g/mol. The number of nitrogens with zero attached hydrogens (tertiary/aromatic N) is 3. The van der Waals surface area contributed by atoms with Gasteiger partial charge in [0.1, 0.15) is 5.69 Å². The molecule has 1 aromatic rings. The number of carbonyl (C=O) groups is 1. The maximum atomic E-state index is 11.5. The third kappa shape index (κ3) is 3.07. The van der Waals surface area contributed by atoms with Gasteiger partial charge in [0.05, 0.1) is 11.4 Å². The van der Waals surface area contributed by atoms with Crippen LogP contribution in [0.3, 0.4) is 0 Å². The van der Waals surface area contributed by atoms with Crippen molar-refractivity contribution in [2.45, 2.75) is 45.6 Å². The summed E-state index contributed by atoms with van der Waals surface area (Å²) in [6, 6.07) is 1.78. The number of anilines is 1. The SMILES string of the molecule is C[C@H]1CCCN(Cc2cc(C(=O)O)nc3c2N(C)CC3(C)C)C1. The number of carboxylic acids is 1. The zero-order valence-electron chi connectivity index (χ0n) is 14.6. The highest BCUT2D eigenvalue weighted by molar-refractivity contribution is 5.87. The van der Waals surface area contributed by atoms with Crippen LogP contribution in [0.15, 0.2) is 6.07 Å². The molecule has 5 nitrogen and oxygen atoms in total. The molecule has 126 valence electrons. The van der Waals surface area contributed by atoms with E-state index in [2.05, 4.69) is 42.6 Å². The first-order chi connectivity index (χ1) is 10.8. The van der Waals surface area contributed by atoms with E-state index in [9.17, 15) is 9.90 Å². The number of hydrogen-bond donors (Lipinski definition) is 1. The molecule has 1 atom stereocenters. The van der Waals surface area contributed by atoms with Crippen LogP contribution in [-0.4, -0.2) is 47.6 Å². The Labute approximate surface area is 138 Å². The summed E-state index contributed by atoms with van der Waals surface area (Å²) in [6.45, 7) is 10.4. The number of aromatic carboxylic acids is 1. The predicted molar refractivity (Wildman–Crippen MR) is 91.2 cm³/mol. The van der Waals surface area contributed by atoms with Crippen molar-refractivity contribution in [3.8, 4) is 0 Å². The molecule has 1 N–H and O–H groups in total. The molecule has 0 amide bonds. The highest BCUT2D eigenvalue weighted by atomic mass is 16.4. The standard InChI is InChI=1S/C18H27N3O2/c1-12-6-5-7-21(9-12)10-13-8-14(17(22)23)19-16-15(13)20(4)11-18(16,2)3/h8,12H,5-7,9-11H2,1-4H3,(H,22,23)/t12-/m0/s1. The number of rotatable bonds is 3. The number of hydrogen-bond acceptors (Lipinski definition) is 4. The van der Waals surface area contributed by atoms with E-state index in [0.717, 1.165) is 43.1 Å². The Morgan fingerprint density at radius 1 is 1.48 bits per heavy atom. The summed E-state index contributed by atoms with van der Waals surface area (Å²) in [6.07, 6.45) is 2.51. The van der Waals surface area contributed by atoms with Gasteiger partial charge >= 0.3 is 5.97 Å². The Balaban J connectivity index is 2.00. The number of likely N-dealkylation sites (N-methyl/N-ethyl adjacent to an activating group) is 1. The van der Waals surface area contributed by atoms with Crippen molar-refractivity contribution in [2.75, 3.05) is 31.6 Å². The van der Waals surface area contributed by atoms with E-state index >= 15 is 0 Å². The molecule has 0 radical (unpaired) electrons. The number of likely N-dealkylation sites (tertiary alicyclic amines) is 1. The van der Waals surface area contributed by atoms with Gasteiger partial charge in [-0.2, -0.15) is 0 Å². The van der Waals surface area contributed by atoms with E-state index in [0.29, 0.717) is 5.92 Å². The fourth-order valence-corrected chi connectivity index (χ4v) is 4.14. The second kappa shape index (κ2) is 5.78. The summed E-state index contributed by atoms with van der Waals surface area (Å²) in [5, 5.41) is 9.43. The maximum absolute atomic E-state index is 11.5. The third-order valence-corrected chi connectivity index (χ3v) is 5.08. The van der Waals surface area contributed by atoms with Crippen LogP contribution in [0.25, 0.3) is 0 Å². The predicted octanol–water partition coefficient (Wildman–Crippen LogP) is 2.74. The first-order valence-corrected chi connectivity index (χ1v) is 8.49. The highest BCUT2D eigenvalue weighted by Gasteiger charge is 2.38. The molecule has 0 unspecified atom stereocenters. The van der Waals surface area contributed by atoms with E-state index in [1.54, 1.807) is 6.07 Å². The van der Waals surface area contributed by atoms with Crippen molar-refractivity contribution in [1.29, 1.82) is 0 Å². The van der Waals surface area contributed by atoms with Crippen LogP contribution >= 0.6 is 0 Å². The van der Waals surface area contributed by atoms with E-state index in [1.165, 1.54) is 12.8 Å². The van der Waals surface area contributed by atoms with Crippen molar-refractivity contribution < 1.29 is 9.90 Å². The lowest BCUT2D eigenvalue weighted by Crippen LogP contribution is -2.34. The minimum atomic E-state index is -0.939. The van der Waals surface area contributed by atoms with Gasteiger partial charge in [-0.1, -0.05) is 20.8 Å². The molecule has 5 heteroatoms. The van der Waals surface area contributed by atoms with Crippen molar-refractivity contribution in [3.63, 3.8) is 0 Å². The summed E-state index contributed by atoms with van der Waals surface area (Å²) in [7, 11) is 2.08. The molecule has 2 aliphatic rings. The quantitative estimate of drug-likeness (QED) is 0.929. The van der Waals surface area contributed by atoms with Crippen LogP contribution in [0, 0.1) is 5.92 Å². The van der Waals surface area contributed by atoms with E-state index < -0.39 is 5.97 Å². The number of aromatic nitrogens is 1. The van der Waals surface area contributed by atoms with E-state index in [4.69, 9.17) is 0 Å². The first kappa shape index (κ1) is 16.2. The van der Waals surface area contributed by atoms with Crippen molar-refractivity contribution in [3.05, 3.63) is 23.0 Å². The van der Waals surface area contributed by atoms with Crippen LogP contribution in [0.5, 0.6) is 0 Å². The molecule has 3 heterocycles. The molecule has 0 bridgehead atoms. The highest BCUT2D eigenvalue weighted by Crippen LogP contribution is 2.41. The van der Waals surface area contributed by atoms with Gasteiger partial charge in [0.15, 0.2) is 0 Å². The Bertz CT molecular complexity index is 627. The lowest BCUT2D eigenvalue weighted by Gasteiger charge is -2.31. The zero-order valence-corrected chi connectivity index (χ0v) is 14.6. The Morgan fingerprint density at radius 2 is 2.22 bits per heavy atom. The molecule has 1 fully saturated rings. The molecule has 23 heavy (non-hydrogen) atoms. The van der Waals surface area contributed by atoms with Crippen LogP contribution in [0.2, 0.25) is 0 Å². The first-order valence-electron chi connectivity index (χ1n) is 8.49. The lowest BCUT2D eigenvalue weighted by atomic mass is 9.90. The maximum Gasteiger partial charge on any atom is 0.354 e. The largest absolute Gasteiger partial charge is 0.477 e. The third-order valence-electron chi connectivity index (χ3n) is 5.08. The summed E-state index contributed by atoms with van der Waals surface area (Å²) in [5.74, 6) is -0.224. The van der Waals surface area contributed by atoms with Gasteiger partial charge in [0.2, 0.25) is 0 Å². The van der Waals surface area contributed by atoms with Crippen molar-refractivity contribution >= 4 is 11.7 Å². The van der Waals surface area contributed by atoms with Crippen LogP contribution in [-0.2, 0) is 12.0 Å². The van der Waals surface area contributed by atoms with Gasteiger partial charge in [-0.15, -0.1) is 0 Å². The summed E-state index contributed by atoms with van der Waals surface area (Å²) >= 11 is 0. The Morgan fingerprint density at radius 3 is 2.87 bits per heavy atom. The number of piperidine rings is 1. The van der Waals surface area contributed by atoms with Crippen LogP contribution < -0.4 is 4.90 Å². The van der Waals surface area contributed by atoms with Crippen LogP contribution in [0.4, 0.5) is 5.69 Å². The van der Waals surface area contributed by atoms with Gasteiger partial charge in [-0.05, 0) is 36.9 Å². The lowest BCUT2D eigenvalue weighted by molar-refractivity contribution is 0.0689. The van der Waals surface area contributed by atoms with Gasteiger partial charge in [0.25, 0.3) is 0 Å². The van der Waals surface area contributed by atoms with E-state index in [1.807, 2.05) is 0 Å². The normalized spacial score (nSPS) is 23.8. The Kier molecular flexibility index (Phi) is 4.08. The molecular weight excluding hydrogens is 290 g/mol. The molecule has 0 aliphatic carbocycles. The second-order valence-electron chi connectivity index (χ2n) is 7.89. The van der Waals surface area contributed by atoms with Gasteiger partial charge < -0.3 is 10.0 Å². The smallest absolute Gasteiger partial charge is 0.354 e. The molecule has 2 aliphatic heterocycles. The average molecular weight is 317 g/mol. The number of carboxylic acid groups (broad SMARTS) is 1. The minimum absolute atomic E-state index is 0.112. The number of pyridine rings is 1. The summed E-state index contributed by atoms with van der Waals surface area (Å²) < 4.78 is 0. The summed E-state index contributed by atoms with van der Waals surface area (Å²) in [5.41, 5.74) is 3.24. The molecule has 3 rings (SSSR count). The molecule has 0 spiro atoms. The van der Waals surface area contributed by atoms with Crippen molar-refractivity contribution in [1.82, 2.24) is 9.88 Å². The second-order valence-corrected chi connectivity index (χ2v) is 7.89. The minimum Gasteiger partial charge on any atom is -0.477 e. The van der Waals surface area contributed by atoms with Crippen molar-refractivity contribution in [2.24, 2.45) is 5.92 Å². The molecular formula is C18H27N3O2. The topological polar surface area (TPSA) is 56.7 Å². The fraction of sp³-hybridized carbons (Fsp3) is 0.667. The zero-order chi connectivity index (χ0) is 16.8. The molecule has 0 aromatic carbocycles.